The SMILES string of the molecule is C[CH]Sc1cccc(F)c1. The largest absolute Gasteiger partial charge is 0.207 e. The van der Waals surface area contributed by atoms with Crippen molar-refractivity contribution in [3.63, 3.8) is 0 Å². The summed E-state index contributed by atoms with van der Waals surface area (Å²) in [6.07, 6.45) is 0. The Labute approximate surface area is 64.4 Å². The number of hydrogen-bond donors (Lipinski definition) is 0. The summed E-state index contributed by atoms with van der Waals surface area (Å²) in [5.74, 6) is 1.75. The highest BCUT2D eigenvalue weighted by Gasteiger charge is 1.92. The molecule has 0 nitrogen and oxygen atoms in total. The van der Waals surface area contributed by atoms with Crippen LogP contribution in [0.1, 0.15) is 6.92 Å². The van der Waals surface area contributed by atoms with E-state index in [0.717, 1.165) is 4.90 Å². The lowest BCUT2D eigenvalue weighted by atomic mass is 10.4. The summed E-state index contributed by atoms with van der Waals surface area (Å²) in [5.41, 5.74) is 0. The molecular weight excluding hydrogens is 147 g/mol. The Kier molecular flexibility index (Phi) is 2.75. The molecule has 53 valence electrons. The summed E-state index contributed by atoms with van der Waals surface area (Å²) in [6.45, 7) is 1.93. The van der Waals surface area contributed by atoms with E-state index in [1.807, 2.05) is 18.7 Å². The molecule has 2 heteroatoms. The fraction of sp³-hybridized carbons (Fsp3) is 0.125. The van der Waals surface area contributed by atoms with E-state index in [9.17, 15) is 4.39 Å². The first-order valence-corrected chi connectivity index (χ1v) is 3.91. The molecular formula is C8H8FS. The molecule has 0 aliphatic rings. The van der Waals surface area contributed by atoms with Gasteiger partial charge in [-0.1, -0.05) is 13.0 Å². The molecule has 0 amide bonds. The van der Waals surface area contributed by atoms with Gasteiger partial charge in [0.1, 0.15) is 5.82 Å². The fourth-order valence-corrected chi connectivity index (χ4v) is 1.29. The van der Waals surface area contributed by atoms with Crippen LogP contribution in [0.5, 0.6) is 0 Å². The van der Waals surface area contributed by atoms with Crippen LogP contribution < -0.4 is 0 Å². The van der Waals surface area contributed by atoms with Gasteiger partial charge in [-0.3, -0.25) is 0 Å². The number of hydrogen-bond acceptors (Lipinski definition) is 1. The monoisotopic (exact) mass is 155 g/mol. The molecule has 0 heterocycles. The van der Waals surface area contributed by atoms with Gasteiger partial charge < -0.3 is 0 Å². The van der Waals surface area contributed by atoms with Crippen LogP contribution in [0.3, 0.4) is 0 Å². The highest BCUT2D eigenvalue weighted by molar-refractivity contribution is 8.01. The van der Waals surface area contributed by atoms with Crippen LogP contribution in [0, 0.1) is 11.6 Å². The van der Waals surface area contributed by atoms with Crippen molar-refractivity contribution in [2.75, 3.05) is 0 Å². The van der Waals surface area contributed by atoms with Gasteiger partial charge in [0.2, 0.25) is 0 Å². The van der Waals surface area contributed by atoms with E-state index >= 15 is 0 Å². The van der Waals surface area contributed by atoms with Gasteiger partial charge in [-0.25, -0.2) is 4.39 Å². The van der Waals surface area contributed by atoms with Gasteiger partial charge in [0, 0.05) is 10.6 Å². The molecule has 0 saturated heterocycles. The molecule has 0 atom stereocenters. The molecule has 10 heavy (non-hydrogen) atoms. The van der Waals surface area contributed by atoms with E-state index in [-0.39, 0.29) is 5.82 Å². The van der Waals surface area contributed by atoms with E-state index in [1.165, 1.54) is 23.9 Å². The highest BCUT2D eigenvalue weighted by Crippen LogP contribution is 2.20. The Morgan fingerprint density at radius 1 is 1.50 bits per heavy atom. The summed E-state index contributed by atoms with van der Waals surface area (Å²) < 4.78 is 12.5. The number of rotatable bonds is 2. The van der Waals surface area contributed by atoms with Crippen LogP contribution in [0.4, 0.5) is 4.39 Å². The summed E-state index contributed by atoms with van der Waals surface area (Å²) in [7, 11) is 0. The molecule has 1 aromatic carbocycles. The zero-order chi connectivity index (χ0) is 7.40. The topological polar surface area (TPSA) is 0 Å². The van der Waals surface area contributed by atoms with Crippen LogP contribution in [0.25, 0.3) is 0 Å². The Balaban J connectivity index is 2.75. The van der Waals surface area contributed by atoms with Crippen LogP contribution in [0.15, 0.2) is 29.2 Å². The van der Waals surface area contributed by atoms with Crippen LogP contribution in [-0.2, 0) is 0 Å². The van der Waals surface area contributed by atoms with E-state index in [1.54, 1.807) is 6.07 Å². The van der Waals surface area contributed by atoms with E-state index < -0.39 is 0 Å². The standard InChI is InChI=1S/C8H8FS/c1-2-10-8-5-3-4-7(9)6-8/h2-6H,1H3. The lowest BCUT2D eigenvalue weighted by molar-refractivity contribution is 0.624. The number of benzene rings is 1. The van der Waals surface area contributed by atoms with Crippen molar-refractivity contribution in [3.8, 4) is 0 Å². The second-order valence-corrected chi connectivity index (χ2v) is 2.99. The third-order valence-corrected chi connectivity index (χ3v) is 1.81. The molecule has 1 rings (SSSR count). The first kappa shape index (κ1) is 7.61. The van der Waals surface area contributed by atoms with E-state index in [4.69, 9.17) is 0 Å². The third-order valence-electron chi connectivity index (χ3n) is 1.05. The molecule has 0 aliphatic heterocycles. The first-order chi connectivity index (χ1) is 4.83. The van der Waals surface area contributed by atoms with Gasteiger partial charge in [0.25, 0.3) is 0 Å². The lowest BCUT2D eigenvalue weighted by Gasteiger charge is -1.95. The second kappa shape index (κ2) is 3.62. The smallest absolute Gasteiger partial charge is 0.124 e. The predicted molar refractivity (Wildman–Crippen MR) is 42.2 cm³/mol. The minimum absolute atomic E-state index is 0.174. The van der Waals surface area contributed by atoms with Gasteiger partial charge in [-0.15, -0.1) is 11.8 Å². The summed E-state index contributed by atoms with van der Waals surface area (Å²) in [5, 5.41) is 0. The molecule has 0 N–H and O–H groups in total. The molecule has 0 aromatic heterocycles. The molecule has 0 bridgehead atoms. The lowest BCUT2D eigenvalue weighted by Crippen LogP contribution is -1.73. The summed E-state index contributed by atoms with van der Waals surface area (Å²) in [4.78, 5) is 0.947. The second-order valence-electron chi connectivity index (χ2n) is 1.81. The predicted octanol–water partition coefficient (Wildman–Crippen LogP) is 3.10. The van der Waals surface area contributed by atoms with Crippen LogP contribution in [0.2, 0.25) is 0 Å². The Bertz CT molecular complexity index is 210. The van der Waals surface area contributed by atoms with Crippen LogP contribution in [-0.4, -0.2) is 0 Å². The first-order valence-electron chi connectivity index (χ1n) is 3.03. The normalized spacial score (nSPS) is 9.80. The maximum atomic E-state index is 12.5. The Morgan fingerprint density at radius 2 is 2.30 bits per heavy atom. The van der Waals surface area contributed by atoms with Crippen LogP contribution >= 0.6 is 11.8 Å². The summed E-state index contributed by atoms with van der Waals surface area (Å²) in [6, 6.07) is 6.55. The van der Waals surface area contributed by atoms with E-state index in [0.29, 0.717) is 0 Å². The minimum Gasteiger partial charge on any atom is -0.207 e. The molecule has 0 unspecified atom stereocenters. The maximum absolute atomic E-state index is 12.5. The van der Waals surface area contributed by atoms with Crippen molar-refractivity contribution < 1.29 is 4.39 Å². The van der Waals surface area contributed by atoms with Gasteiger partial charge >= 0.3 is 0 Å². The fourth-order valence-electron chi connectivity index (χ4n) is 0.676. The van der Waals surface area contributed by atoms with Crippen molar-refractivity contribution in [2.45, 2.75) is 11.8 Å². The van der Waals surface area contributed by atoms with Crippen molar-refractivity contribution in [2.24, 2.45) is 0 Å². The van der Waals surface area contributed by atoms with Crippen molar-refractivity contribution in [3.05, 3.63) is 35.8 Å². The van der Waals surface area contributed by atoms with Gasteiger partial charge in [-0.2, -0.15) is 0 Å². The molecule has 1 aromatic rings. The zero-order valence-electron chi connectivity index (χ0n) is 5.67. The zero-order valence-corrected chi connectivity index (χ0v) is 6.49. The molecule has 1 radical (unpaired) electrons. The minimum atomic E-state index is -0.174. The quantitative estimate of drug-likeness (QED) is 0.591. The third kappa shape index (κ3) is 2.03. The molecule has 0 saturated carbocycles. The van der Waals surface area contributed by atoms with Crippen molar-refractivity contribution >= 4 is 11.8 Å². The summed E-state index contributed by atoms with van der Waals surface area (Å²) >= 11 is 1.52. The number of thioether (sulfide) groups is 1. The molecule has 0 fully saturated rings. The van der Waals surface area contributed by atoms with Gasteiger partial charge in [0.15, 0.2) is 0 Å². The molecule has 0 aliphatic carbocycles. The van der Waals surface area contributed by atoms with Gasteiger partial charge in [-0.05, 0) is 18.2 Å². The maximum Gasteiger partial charge on any atom is 0.124 e. The molecule has 0 spiro atoms. The highest BCUT2D eigenvalue weighted by atomic mass is 32.2. The Hall–Kier alpha value is -0.500. The average Bonchev–Trinajstić information content (AvgIpc) is 1.88. The number of halogens is 1. The Morgan fingerprint density at radius 3 is 2.90 bits per heavy atom. The van der Waals surface area contributed by atoms with Crippen molar-refractivity contribution in [1.29, 1.82) is 0 Å². The van der Waals surface area contributed by atoms with Gasteiger partial charge in [0.05, 0.1) is 0 Å². The van der Waals surface area contributed by atoms with Crippen molar-refractivity contribution in [1.82, 2.24) is 0 Å². The average molecular weight is 155 g/mol. The van der Waals surface area contributed by atoms with E-state index in [2.05, 4.69) is 0 Å².